The Kier molecular flexibility index (Phi) is 7.60. The molecule has 6 nitrogen and oxygen atoms in total. The molecule has 0 spiro atoms. The molecule has 164 valence electrons. The van der Waals surface area contributed by atoms with Crippen LogP contribution in [0.1, 0.15) is 64.9 Å². The lowest BCUT2D eigenvalue weighted by Crippen LogP contribution is -2.48. The number of piperidine rings is 1. The lowest BCUT2D eigenvalue weighted by molar-refractivity contribution is -0.149. The smallest absolute Gasteiger partial charge is 0.323 e. The van der Waals surface area contributed by atoms with E-state index < -0.39 is 5.41 Å². The van der Waals surface area contributed by atoms with Crippen LogP contribution in [0.4, 0.5) is 0 Å². The Morgan fingerprint density at radius 3 is 2.50 bits per heavy atom. The van der Waals surface area contributed by atoms with Gasteiger partial charge in [-0.1, -0.05) is 6.07 Å². The van der Waals surface area contributed by atoms with Gasteiger partial charge in [0.2, 0.25) is 0 Å². The zero-order valence-electron chi connectivity index (χ0n) is 18.5. The van der Waals surface area contributed by atoms with Crippen LogP contribution in [0.25, 0.3) is 0 Å². The predicted octanol–water partition coefficient (Wildman–Crippen LogP) is 4.22. The molecule has 0 aromatic heterocycles. The van der Waals surface area contributed by atoms with Gasteiger partial charge in [0.25, 0.3) is 0 Å². The molecule has 1 unspecified atom stereocenters. The molecule has 3 rings (SSSR count). The van der Waals surface area contributed by atoms with Crippen molar-refractivity contribution in [3.05, 3.63) is 23.8 Å². The molecule has 1 saturated heterocycles. The number of carbonyl (C=O) groups is 1. The third-order valence-corrected chi connectivity index (χ3v) is 6.43. The lowest BCUT2D eigenvalue weighted by atomic mass is 9.73. The number of benzene rings is 1. The fourth-order valence-corrected chi connectivity index (χ4v) is 4.53. The van der Waals surface area contributed by atoms with Crippen molar-refractivity contribution in [2.45, 2.75) is 76.9 Å². The number of nitriles is 1. The van der Waals surface area contributed by atoms with Crippen LogP contribution in [0.5, 0.6) is 11.5 Å². The number of hydrogen-bond donors (Lipinski definition) is 0. The minimum Gasteiger partial charge on any atom is -0.490 e. The van der Waals surface area contributed by atoms with Crippen LogP contribution in [0.15, 0.2) is 18.2 Å². The van der Waals surface area contributed by atoms with Crippen molar-refractivity contribution in [1.29, 1.82) is 5.26 Å². The van der Waals surface area contributed by atoms with Gasteiger partial charge in [0.15, 0.2) is 11.5 Å². The Labute approximate surface area is 180 Å². The highest BCUT2D eigenvalue weighted by molar-refractivity contribution is 5.75. The maximum absolute atomic E-state index is 12.1. The van der Waals surface area contributed by atoms with Crippen LogP contribution in [-0.2, 0) is 14.9 Å². The largest absolute Gasteiger partial charge is 0.490 e. The highest BCUT2D eigenvalue weighted by Crippen LogP contribution is 2.41. The monoisotopic (exact) mass is 414 g/mol. The molecule has 2 aliphatic rings. The summed E-state index contributed by atoms with van der Waals surface area (Å²) < 4.78 is 17.2. The first kappa shape index (κ1) is 22.4. The number of nitrogens with zero attached hydrogens (tertiary/aromatic N) is 2. The van der Waals surface area contributed by atoms with Crippen LogP contribution in [0.2, 0.25) is 0 Å². The summed E-state index contributed by atoms with van der Waals surface area (Å²) in [4.78, 5) is 14.2. The van der Waals surface area contributed by atoms with Gasteiger partial charge in [-0.2, -0.15) is 5.26 Å². The van der Waals surface area contributed by atoms with Crippen LogP contribution < -0.4 is 9.47 Å². The summed E-state index contributed by atoms with van der Waals surface area (Å²) in [5.74, 6) is 1.29. The molecule has 1 saturated carbocycles. The van der Waals surface area contributed by atoms with Crippen molar-refractivity contribution >= 4 is 5.97 Å². The Balaban J connectivity index is 1.77. The lowest BCUT2D eigenvalue weighted by Gasteiger charge is -2.39. The van der Waals surface area contributed by atoms with E-state index in [0.29, 0.717) is 39.1 Å². The van der Waals surface area contributed by atoms with Crippen molar-refractivity contribution in [3.8, 4) is 17.6 Å². The Bertz CT molecular complexity index is 759. The van der Waals surface area contributed by atoms with Gasteiger partial charge in [-0.3, -0.25) is 9.69 Å². The van der Waals surface area contributed by atoms with E-state index in [1.165, 1.54) is 12.8 Å². The highest BCUT2D eigenvalue weighted by atomic mass is 16.5. The maximum atomic E-state index is 12.1. The number of rotatable bonds is 8. The molecule has 1 aliphatic heterocycles. The van der Waals surface area contributed by atoms with Crippen molar-refractivity contribution in [3.63, 3.8) is 0 Å². The van der Waals surface area contributed by atoms with Gasteiger partial charge >= 0.3 is 5.97 Å². The van der Waals surface area contributed by atoms with Crippen LogP contribution in [0.3, 0.4) is 0 Å². The predicted molar refractivity (Wildman–Crippen MR) is 115 cm³/mol. The molecule has 1 aromatic carbocycles. The quantitative estimate of drug-likeness (QED) is 0.593. The van der Waals surface area contributed by atoms with Crippen molar-refractivity contribution in [2.75, 3.05) is 26.3 Å². The standard InChI is InChI=1S/C24H34N2O4/c1-4-28-21-11-10-19(16-22(21)30-20-8-6-7-9-20)24(17-25)12-14-26(15-13-24)18(3)23(27)29-5-2/h10-11,16,18,20H,4-9,12-15H2,1-3H3. The molecule has 0 bridgehead atoms. The molecule has 1 aromatic rings. The zero-order valence-corrected chi connectivity index (χ0v) is 18.5. The average molecular weight is 415 g/mol. The van der Waals surface area contributed by atoms with Gasteiger partial charge in [-0.25, -0.2) is 0 Å². The Morgan fingerprint density at radius 2 is 1.90 bits per heavy atom. The molecular formula is C24H34N2O4. The third kappa shape index (κ3) is 4.89. The first-order chi connectivity index (χ1) is 14.5. The van der Waals surface area contributed by atoms with Gasteiger partial charge in [-0.15, -0.1) is 0 Å². The van der Waals surface area contributed by atoms with Gasteiger partial charge in [0.05, 0.1) is 30.8 Å². The molecule has 0 radical (unpaired) electrons. The summed E-state index contributed by atoms with van der Waals surface area (Å²) in [6.45, 7) is 7.98. The van der Waals surface area contributed by atoms with Crippen molar-refractivity contribution in [1.82, 2.24) is 4.90 Å². The van der Waals surface area contributed by atoms with Crippen LogP contribution >= 0.6 is 0 Å². The molecule has 6 heteroatoms. The molecule has 0 amide bonds. The number of carbonyl (C=O) groups excluding carboxylic acids is 1. The second-order valence-corrected chi connectivity index (χ2v) is 8.28. The van der Waals surface area contributed by atoms with E-state index in [9.17, 15) is 10.1 Å². The second-order valence-electron chi connectivity index (χ2n) is 8.28. The molecule has 1 atom stereocenters. The fraction of sp³-hybridized carbons (Fsp3) is 0.667. The Hall–Kier alpha value is -2.26. The van der Waals surface area contributed by atoms with E-state index in [2.05, 4.69) is 11.0 Å². The summed E-state index contributed by atoms with van der Waals surface area (Å²) in [6, 6.07) is 8.24. The van der Waals surface area contributed by atoms with E-state index in [-0.39, 0.29) is 18.1 Å². The average Bonchev–Trinajstić information content (AvgIpc) is 3.28. The van der Waals surface area contributed by atoms with Gasteiger partial charge in [0.1, 0.15) is 6.04 Å². The summed E-state index contributed by atoms with van der Waals surface area (Å²) in [5.41, 5.74) is 0.397. The molecular weight excluding hydrogens is 380 g/mol. The van der Waals surface area contributed by atoms with E-state index in [1.807, 2.05) is 39.0 Å². The minimum atomic E-state index is -0.580. The van der Waals surface area contributed by atoms with E-state index in [0.717, 1.165) is 29.9 Å². The summed E-state index contributed by atoms with van der Waals surface area (Å²) >= 11 is 0. The van der Waals surface area contributed by atoms with Crippen molar-refractivity contribution in [2.24, 2.45) is 0 Å². The number of hydrogen-bond acceptors (Lipinski definition) is 6. The Morgan fingerprint density at radius 1 is 1.20 bits per heavy atom. The molecule has 0 N–H and O–H groups in total. The molecule has 30 heavy (non-hydrogen) atoms. The number of likely N-dealkylation sites (tertiary alicyclic amines) is 1. The van der Waals surface area contributed by atoms with Gasteiger partial charge < -0.3 is 14.2 Å². The summed E-state index contributed by atoms with van der Waals surface area (Å²) in [6.07, 6.45) is 6.11. The van der Waals surface area contributed by atoms with E-state index in [1.54, 1.807) is 0 Å². The molecule has 2 fully saturated rings. The molecule has 1 aliphatic carbocycles. The van der Waals surface area contributed by atoms with Crippen LogP contribution in [0, 0.1) is 11.3 Å². The fourth-order valence-electron chi connectivity index (χ4n) is 4.53. The summed E-state index contributed by atoms with van der Waals surface area (Å²) in [5, 5.41) is 10.1. The third-order valence-electron chi connectivity index (χ3n) is 6.43. The first-order valence-corrected chi connectivity index (χ1v) is 11.3. The second kappa shape index (κ2) is 10.2. The highest BCUT2D eigenvalue weighted by Gasteiger charge is 2.39. The minimum absolute atomic E-state index is 0.199. The topological polar surface area (TPSA) is 71.8 Å². The number of esters is 1. The SMILES string of the molecule is CCOC(=O)C(C)N1CCC(C#N)(c2ccc(OCC)c(OC3CCCC3)c2)CC1. The number of ether oxygens (including phenoxy) is 3. The summed E-state index contributed by atoms with van der Waals surface area (Å²) in [7, 11) is 0. The molecule has 1 heterocycles. The first-order valence-electron chi connectivity index (χ1n) is 11.3. The zero-order chi connectivity index (χ0) is 21.6. The van der Waals surface area contributed by atoms with Crippen molar-refractivity contribution < 1.29 is 19.0 Å². The van der Waals surface area contributed by atoms with E-state index >= 15 is 0 Å². The van der Waals surface area contributed by atoms with Crippen LogP contribution in [-0.4, -0.2) is 49.3 Å². The normalized spacial score (nSPS) is 20.3. The van der Waals surface area contributed by atoms with Gasteiger partial charge in [-0.05, 0) is 77.0 Å². The van der Waals surface area contributed by atoms with E-state index in [4.69, 9.17) is 14.2 Å². The van der Waals surface area contributed by atoms with Gasteiger partial charge in [0, 0.05) is 13.1 Å². The maximum Gasteiger partial charge on any atom is 0.323 e.